The van der Waals surface area contributed by atoms with Gasteiger partial charge in [-0.1, -0.05) is 13.5 Å². The standard InChI is InChI=1S/C10H14O3/c1-3-9(11)13-8-5-7-4-6(2)10(8)12-7/h3,6-8,10H,1,4-5H2,2H3. The molecule has 0 spiro atoms. The zero-order chi connectivity index (χ0) is 9.42. The van der Waals surface area contributed by atoms with Crippen molar-refractivity contribution in [2.24, 2.45) is 5.92 Å². The summed E-state index contributed by atoms with van der Waals surface area (Å²) in [6, 6.07) is 0. The van der Waals surface area contributed by atoms with Crippen molar-refractivity contribution in [2.75, 3.05) is 0 Å². The molecule has 2 aliphatic heterocycles. The summed E-state index contributed by atoms with van der Waals surface area (Å²) in [5.41, 5.74) is 0. The number of esters is 1. The van der Waals surface area contributed by atoms with E-state index in [2.05, 4.69) is 13.5 Å². The molecule has 3 heteroatoms. The highest BCUT2D eigenvalue weighted by Crippen LogP contribution is 2.40. The number of hydrogen-bond donors (Lipinski definition) is 0. The van der Waals surface area contributed by atoms with E-state index >= 15 is 0 Å². The molecule has 0 aromatic rings. The van der Waals surface area contributed by atoms with Crippen molar-refractivity contribution < 1.29 is 14.3 Å². The Morgan fingerprint density at radius 2 is 2.38 bits per heavy atom. The maximum Gasteiger partial charge on any atom is 0.330 e. The number of rotatable bonds is 2. The maximum atomic E-state index is 11.0. The highest BCUT2D eigenvalue weighted by atomic mass is 16.6. The Labute approximate surface area is 77.7 Å². The number of carbonyl (C=O) groups is 1. The first-order valence-corrected chi connectivity index (χ1v) is 4.69. The zero-order valence-electron chi connectivity index (χ0n) is 7.73. The molecular weight excluding hydrogens is 168 g/mol. The molecule has 0 aromatic carbocycles. The van der Waals surface area contributed by atoms with Crippen molar-refractivity contribution >= 4 is 5.97 Å². The zero-order valence-corrected chi connectivity index (χ0v) is 7.73. The molecule has 2 aliphatic rings. The second-order valence-corrected chi connectivity index (χ2v) is 3.85. The summed E-state index contributed by atoms with van der Waals surface area (Å²) < 4.78 is 10.8. The SMILES string of the molecule is C=CC(=O)OC1CC2CC(C)C1O2. The fourth-order valence-electron chi connectivity index (χ4n) is 2.27. The molecule has 0 saturated carbocycles. The van der Waals surface area contributed by atoms with Crippen molar-refractivity contribution in [1.82, 2.24) is 0 Å². The average Bonchev–Trinajstić information content (AvgIpc) is 2.62. The van der Waals surface area contributed by atoms with Gasteiger partial charge in [-0.2, -0.15) is 0 Å². The minimum atomic E-state index is -0.339. The highest BCUT2D eigenvalue weighted by molar-refractivity contribution is 5.81. The summed E-state index contributed by atoms with van der Waals surface area (Å²) in [6.07, 6.45) is 3.55. The van der Waals surface area contributed by atoms with Gasteiger partial charge < -0.3 is 9.47 Å². The number of fused-ring (bicyclic) bond motifs is 2. The van der Waals surface area contributed by atoms with Crippen LogP contribution in [0.1, 0.15) is 19.8 Å². The molecule has 4 atom stereocenters. The van der Waals surface area contributed by atoms with E-state index in [1.807, 2.05) is 0 Å². The van der Waals surface area contributed by atoms with E-state index in [0.717, 1.165) is 12.8 Å². The maximum absolute atomic E-state index is 11.0. The molecule has 3 nitrogen and oxygen atoms in total. The predicted molar refractivity (Wildman–Crippen MR) is 47.1 cm³/mol. The van der Waals surface area contributed by atoms with Crippen molar-refractivity contribution in [3.8, 4) is 0 Å². The number of ether oxygens (including phenoxy) is 2. The van der Waals surface area contributed by atoms with Crippen LogP contribution in [0.4, 0.5) is 0 Å². The minimum absolute atomic E-state index is 0.0424. The topological polar surface area (TPSA) is 35.5 Å². The molecule has 2 heterocycles. The van der Waals surface area contributed by atoms with Gasteiger partial charge in [0.05, 0.1) is 12.2 Å². The monoisotopic (exact) mass is 182 g/mol. The van der Waals surface area contributed by atoms with Gasteiger partial charge in [-0.25, -0.2) is 4.79 Å². The second-order valence-electron chi connectivity index (χ2n) is 3.85. The Hall–Kier alpha value is -0.830. The van der Waals surface area contributed by atoms with Gasteiger partial charge in [0.2, 0.25) is 0 Å². The van der Waals surface area contributed by atoms with E-state index in [0.29, 0.717) is 12.0 Å². The van der Waals surface area contributed by atoms with Crippen LogP contribution in [-0.4, -0.2) is 24.3 Å². The third-order valence-corrected chi connectivity index (χ3v) is 2.84. The Bertz CT molecular complexity index is 236. The van der Waals surface area contributed by atoms with Crippen LogP contribution < -0.4 is 0 Å². The van der Waals surface area contributed by atoms with Crippen LogP contribution in [0.3, 0.4) is 0 Å². The first-order chi connectivity index (χ1) is 6.20. The number of carbonyl (C=O) groups excluding carboxylic acids is 1. The summed E-state index contributed by atoms with van der Waals surface area (Å²) in [7, 11) is 0. The molecule has 0 amide bonds. The molecular formula is C10H14O3. The van der Waals surface area contributed by atoms with Crippen molar-refractivity contribution in [3.05, 3.63) is 12.7 Å². The molecule has 2 bridgehead atoms. The fraction of sp³-hybridized carbons (Fsp3) is 0.700. The Morgan fingerprint density at radius 1 is 1.62 bits per heavy atom. The van der Waals surface area contributed by atoms with Crippen LogP contribution >= 0.6 is 0 Å². The lowest BCUT2D eigenvalue weighted by Crippen LogP contribution is -2.32. The van der Waals surface area contributed by atoms with Gasteiger partial charge in [0, 0.05) is 12.5 Å². The smallest absolute Gasteiger partial charge is 0.330 e. The van der Waals surface area contributed by atoms with Gasteiger partial charge in [0.15, 0.2) is 0 Å². The Balaban J connectivity index is 1.95. The van der Waals surface area contributed by atoms with Crippen LogP contribution in [0, 0.1) is 5.92 Å². The van der Waals surface area contributed by atoms with E-state index < -0.39 is 0 Å². The first-order valence-electron chi connectivity index (χ1n) is 4.69. The predicted octanol–water partition coefficient (Wildman–Crippen LogP) is 1.28. The van der Waals surface area contributed by atoms with Gasteiger partial charge in [-0.3, -0.25) is 0 Å². The lowest BCUT2D eigenvalue weighted by molar-refractivity contribution is -0.146. The second kappa shape index (κ2) is 3.14. The molecule has 2 rings (SSSR count). The van der Waals surface area contributed by atoms with Crippen LogP contribution in [0.25, 0.3) is 0 Å². The first kappa shape index (κ1) is 8.75. The lowest BCUT2D eigenvalue weighted by atomic mass is 9.89. The summed E-state index contributed by atoms with van der Waals surface area (Å²) in [5.74, 6) is 0.176. The van der Waals surface area contributed by atoms with Crippen molar-refractivity contribution in [2.45, 2.75) is 38.1 Å². The van der Waals surface area contributed by atoms with Gasteiger partial charge in [0.1, 0.15) is 6.10 Å². The molecule has 0 aromatic heterocycles. The quantitative estimate of drug-likeness (QED) is 0.476. The lowest BCUT2D eigenvalue weighted by Gasteiger charge is -2.22. The largest absolute Gasteiger partial charge is 0.456 e. The third-order valence-electron chi connectivity index (χ3n) is 2.84. The molecule has 2 fully saturated rings. The summed E-state index contributed by atoms with van der Waals surface area (Å²) in [5, 5.41) is 0. The summed E-state index contributed by atoms with van der Waals surface area (Å²) in [6.45, 7) is 5.51. The minimum Gasteiger partial charge on any atom is -0.456 e. The van der Waals surface area contributed by atoms with Gasteiger partial charge in [0.25, 0.3) is 0 Å². The molecule has 4 unspecified atom stereocenters. The van der Waals surface area contributed by atoms with Crippen LogP contribution in [-0.2, 0) is 14.3 Å². The van der Waals surface area contributed by atoms with Crippen LogP contribution in [0.2, 0.25) is 0 Å². The van der Waals surface area contributed by atoms with Gasteiger partial charge in [-0.15, -0.1) is 0 Å². The molecule has 13 heavy (non-hydrogen) atoms. The highest BCUT2D eigenvalue weighted by Gasteiger charge is 2.47. The molecule has 0 aliphatic carbocycles. The number of hydrogen-bond acceptors (Lipinski definition) is 3. The van der Waals surface area contributed by atoms with E-state index in [9.17, 15) is 4.79 Å². The van der Waals surface area contributed by atoms with E-state index in [-0.39, 0.29) is 18.2 Å². The molecule has 2 saturated heterocycles. The normalized spacial score (nSPS) is 41.9. The van der Waals surface area contributed by atoms with Gasteiger partial charge in [-0.05, 0) is 12.3 Å². The summed E-state index contributed by atoms with van der Waals surface area (Å²) in [4.78, 5) is 11.0. The molecule has 0 N–H and O–H groups in total. The van der Waals surface area contributed by atoms with E-state index in [4.69, 9.17) is 9.47 Å². The summed E-state index contributed by atoms with van der Waals surface area (Å²) >= 11 is 0. The van der Waals surface area contributed by atoms with Crippen molar-refractivity contribution in [3.63, 3.8) is 0 Å². The van der Waals surface area contributed by atoms with E-state index in [1.165, 1.54) is 6.08 Å². The Morgan fingerprint density at radius 3 is 2.92 bits per heavy atom. The van der Waals surface area contributed by atoms with Crippen LogP contribution in [0.15, 0.2) is 12.7 Å². The molecule has 0 radical (unpaired) electrons. The van der Waals surface area contributed by atoms with Gasteiger partial charge >= 0.3 is 5.97 Å². The van der Waals surface area contributed by atoms with Crippen molar-refractivity contribution in [1.29, 1.82) is 0 Å². The van der Waals surface area contributed by atoms with Crippen LogP contribution in [0.5, 0.6) is 0 Å². The molecule has 72 valence electrons. The fourth-order valence-corrected chi connectivity index (χ4v) is 2.27. The van der Waals surface area contributed by atoms with E-state index in [1.54, 1.807) is 0 Å². The average molecular weight is 182 g/mol. The Kier molecular flexibility index (Phi) is 2.12. The third kappa shape index (κ3) is 1.48.